The molecule has 0 amide bonds. The minimum Gasteiger partial charge on any atom is -0.274 e. The molecule has 3 aromatic rings. The molecular formula is C12H6Cl3N3. The average molecular weight is 299 g/mol. The topological polar surface area (TPSA) is 30.2 Å². The van der Waals surface area contributed by atoms with Crippen molar-refractivity contribution in [1.29, 1.82) is 0 Å². The van der Waals surface area contributed by atoms with E-state index in [1.165, 1.54) is 0 Å². The molecule has 0 aliphatic rings. The van der Waals surface area contributed by atoms with Crippen LogP contribution in [0.3, 0.4) is 0 Å². The quantitative estimate of drug-likeness (QED) is 0.625. The summed E-state index contributed by atoms with van der Waals surface area (Å²) in [6, 6.07) is 7.06. The van der Waals surface area contributed by atoms with Gasteiger partial charge in [-0.05, 0) is 29.8 Å². The van der Waals surface area contributed by atoms with Crippen molar-refractivity contribution in [2.24, 2.45) is 0 Å². The Hall–Kier alpha value is -1.29. The summed E-state index contributed by atoms with van der Waals surface area (Å²) in [6.07, 6.45) is 3.41. The van der Waals surface area contributed by atoms with E-state index in [0.29, 0.717) is 21.0 Å². The van der Waals surface area contributed by atoms with Gasteiger partial charge in [-0.15, -0.1) is 0 Å². The fraction of sp³-hybridized carbons (Fsp3) is 0. The zero-order valence-corrected chi connectivity index (χ0v) is 11.2. The number of halogens is 3. The molecule has 1 aromatic carbocycles. The van der Waals surface area contributed by atoms with E-state index < -0.39 is 0 Å². The van der Waals surface area contributed by atoms with E-state index in [-0.39, 0.29) is 0 Å². The van der Waals surface area contributed by atoms with Crippen molar-refractivity contribution in [1.82, 2.24) is 14.4 Å². The normalized spacial score (nSPS) is 11.1. The second-order valence-electron chi connectivity index (χ2n) is 3.69. The highest BCUT2D eigenvalue weighted by Crippen LogP contribution is 2.30. The standard InChI is InChI=1S/C12H6Cl3N3/c13-7-1-2-8(9(14)5-7)10-6-11-16-3-4-18(11)12(15)17-10/h1-6H. The maximum Gasteiger partial charge on any atom is 0.209 e. The third-order valence-corrected chi connectivity index (χ3v) is 3.37. The summed E-state index contributed by atoms with van der Waals surface area (Å²) in [4.78, 5) is 8.48. The zero-order chi connectivity index (χ0) is 12.7. The third kappa shape index (κ3) is 1.94. The van der Waals surface area contributed by atoms with Crippen molar-refractivity contribution in [3.05, 3.63) is 52.0 Å². The summed E-state index contributed by atoms with van der Waals surface area (Å²) >= 11 is 18.1. The lowest BCUT2D eigenvalue weighted by atomic mass is 10.1. The highest BCUT2D eigenvalue weighted by Gasteiger charge is 2.09. The van der Waals surface area contributed by atoms with Crippen LogP contribution in [0.5, 0.6) is 0 Å². The molecule has 0 spiro atoms. The summed E-state index contributed by atoms with van der Waals surface area (Å²) in [7, 11) is 0. The Kier molecular flexibility index (Phi) is 2.90. The fourth-order valence-electron chi connectivity index (χ4n) is 1.72. The van der Waals surface area contributed by atoms with Gasteiger partial charge in [0, 0.05) is 29.0 Å². The van der Waals surface area contributed by atoms with Crippen LogP contribution in [0.1, 0.15) is 0 Å². The molecule has 18 heavy (non-hydrogen) atoms. The number of aromatic nitrogens is 3. The molecule has 0 radical (unpaired) electrons. The van der Waals surface area contributed by atoms with E-state index in [0.717, 1.165) is 11.2 Å². The maximum absolute atomic E-state index is 6.15. The van der Waals surface area contributed by atoms with Gasteiger partial charge in [-0.2, -0.15) is 0 Å². The van der Waals surface area contributed by atoms with Crippen LogP contribution >= 0.6 is 34.8 Å². The highest BCUT2D eigenvalue weighted by atomic mass is 35.5. The lowest BCUT2D eigenvalue weighted by Crippen LogP contribution is -1.93. The summed E-state index contributed by atoms with van der Waals surface area (Å²) in [5, 5.41) is 1.45. The highest BCUT2D eigenvalue weighted by molar-refractivity contribution is 6.36. The molecular weight excluding hydrogens is 293 g/mol. The maximum atomic E-state index is 6.15. The Balaban J connectivity index is 2.24. The largest absolute Gasteiger partial charge is 0.274 e. The number of nitrogens with zero attached hydrogens (tertiary/aromatic N) is 3. The first-order chi connectivity index (χ1) is 8.65. The minimum atomic E-state index is 0.339. The lowest BCUT2D eigenvalue weighted by Gasteiger charge is -2.06. The number of fused-ring (bicyclic) bond motifs is 1. The van der Waals surface area contributed by atoms with Crippen LogP contribution in [0.15, 0.2) is 36.7 Å². The monoisotopic (exact) mass is 297 g/mol. The molecule has 0 fully saturated rings. The minimum absolute atomic E-state index is 0.339. The molecule has 0 saturated carbocycles. The van der Waals surface area contributed by atoms with Crippen LogP contribution in [-0.2, 0) is 0 Å². The first-order valence-electron chi connectivity index (χ1n) is 5.10. The van der Waals surface area contributed by atoms with Crippen LogP contribution < -0.4 is 0 Å². The van der Waals surface area contributed by atoms with Gasteiger partial charge in [-0.25, -0.2) is 9.97 Å². The van der Waals surface area contributed by atoms with Gasteiger partial charge < -0.3 is 0 Å². The van der Waals surface area contributed by atoms with E-state index >= 15 is 0 Å². The van der Waals surface area contributed by atoms with Crippen molar-refractivity contribution in [3.63, 3.8) is 0 Å². The summed E-state index contributed by atoms with van der Waals surface area (Å²) in [5.74, 6) is 0. The van der Waals surface area contributed by atoms with Crippen LogP contribution in [-0.4, -0.2) is 14.4 Å². The Morgan fingerprint density at radius 1 is 1.06 bits per heavy atom. The SMILES string of the molecule is Clc1ccc(-c2cc3nccn3c(Cl)n2)c(Cl)c1. The van der Waals surface area contributed by atoms with Crippen LogP contribution in [0.4, 0.5) is 0 Å². The van der Waals surface area contributed by atoms with E-state index in [1.807, 2.05) is 12.1 Å². The van der Waals surface area contributed by atoms with Crippen LogP contribution in [0.2, 0.25) is 15.3 Å². The predicted molar refractivity (Wildman–Crippen MR) is 73.5 cm³/mol. The second-order valence-corrected chi connectivity index (χ2v) is 4.87. The lowest BCUT2D eigenvalue weighted by molar-refractivity contribution is 1.09. The smallest absolute Gasteiger partial charge is 0.209 e. The van der Waals surface area contributed by atoms with Gasteiger partial charge in [-0.3, -0.25) is 4.40 Å². The Labute approximate surface area is 118 Å². The molecule has 0 atom stereocenters. The van der Waals surface area contributed by atoms with E-state index in [2.05, 4.69) is 9.97 Å². The number of hydrogen-bond acceptors (Lipinski definition) is 2. The molecule has 0 bridgehead atoms. The van der Waals surface area contributed by atoms with Gasteiger partial charge in [-0.1, -0.05) is 23.2 Å². The first-order valence-corrected chi connectivity index (χ1v) is 6.23. The number of rotatable bonds is 1. The number of benzene rings is 1. The molecule has 0 aliphatic carbocycles. The molecule has 90 valence electrons. The van der Waals surface area contributed by atoms with E-state index in [1.54, 1.807) is 28.9 Å². The molecule has 2 heterocycles. The molecule has 6 heteroatoms. The fourth-order valence-corrected chi connectivity index (χ4v) is 2.46. The first kappa shape index (κ1) is 11.8. The van der Waals surface area contributed by atoms with Crippen LogP contribution in [0, 0.1) is 0 Å². The Bertz CT molecular complexity index is 737. The van der Waals surface area contributed by atoms with Crippen molar-refractivity contribution >= 4 is 40.4 Å². The van der Waals surface area contributed by atoms with E-state index in [9.17, 15) is 0 Å². The molecule has 0 unspecified atom stereocenters. The van der Waals surface area contributed by atoms with Crippen LogP contribution in [0.25, 0.3) is 16.9 Å². The Morgan fingerprint density at radius 2 is 1.89 bits per heavy atom. The second kappa shape index (κ2) is 4.43. The molecule has 0 N–H and O–H groups in total. The van der Waals surface area contributed by atoms with Crippen molar-refractivity contribution < 1.29 is 0 Å². The summed E-state index contributed by atoms with van der Waals surface area (Å²) < 4.78 is 1.69. The molecule has 2 aromatic heterocycles. The van der Waals surface area contributed by atoms with Gasteiger partial charge in [0.15, 0.2) is 0 Å². The van der Waals surface area contributed by atoms with Crippen molar-refractivity contribution in [2.75, 3.05) is 0 Å². The van der Waals surface area contributed by atoms with Gasteiger partial charge in [0.05, 0.1) is 10.7 Å². The average Bonchev–Trinajstić information content (AvgIpc) is 2.77. The summed E-state index contributed by atoms with van der Waals surface area (Å²) in [6.45, 7) is 0. The van der Waals surface area contributed by atoms with Gasteiger partial charge in [0.25, 0.3) is 0 Å². The van der Waals surface area contributed by atoms with Gasteiger partial charge >= 0.3 is 0 Å². The van der Waals surface area contributed by atoms with Crippen molar-refractivity contribution in [3.8, 4) is 11.3 Å². The van der Waals surface area contributed by atoms with Gasteiger partial charge in [0.1, 0.15) is 5.65 Å². The molecule has 3 rings (SSSR count). The molecule has 0 aliphatic heterocycles. The van der Waals surface area contributed by atoms with Crippen molar-refractivity contribution in [2.45, 2.75) is 0 Å². The summed E-state index contributed by atoms with van der Waals surface area (Å²) in [5.41, 5.74) is 2.16. The molecule has 3 nitrogen and oxygen atoms in total. The third-order valence-electron chi connectivity index (χ3n) is 2.55. The molecule has 0 saturated heterocycles. The van der Waals surface area contributed by atoms with E-state index in [4.69, 9.17) is 34.8 Å². The predicted octanol–water partition coefficient (Wildman–Crippen LogP) is 4.36. The number of imidazole rings is 1. The number of hydrogen-bond donors (Lipinski definition) is 0. The van der Waals surface area contributed by atoms with Gasteiger partial charge in [0.2, 0.25) is 5.28 Å². The zero-order valence-electron chi connectivity index (χ0n) is 8.94. The Morgan fingerprint density at radius 3 is 2.67 bits per heavy atom.